The van der Waals surface area contributed by atoms with Crippen LogP contribution in [0.25, 0.3) is 0 Å². The van der Waals surface area contributed by atoms with E-state index >= 15 is 0 Å². The van der Waals surface area contributed by atoms with Crippen molar-refractivity contribution >= 4 is 17.6 Å². The summed E-state index contributed by atoms with van der Waals surface area (Å²) < 4.78 is 0. The van der Waals surface area contributed by atoms with E-state index in [0.29, 0.717) is 6.42 Å². The molecule has 0 aliphatic heterocycles. The van der Waals surface area contributed by atoms with E-state index in [9.17, 15) is 9.59 Å². The topological polar surface area (TPSA) is 69.6 Å². The molecule has 0 bridgehead atoms. The van der Waals surface area contributed by atoms with Gasteiger partial charge in [-0.15, -0.1) is 0 Å². The van der Waals surface area contributed by atoms with Crippen molar-refractivity contribution < 1.29 is 14.7 Å². The van der Waals surface area contributed by atoms with Crippen LogP contribution in [0.4, 0.5) is 5.69 Å². The van der Waals surface area contributed by atoms with Gasteiger partial charge >= 0.3 is 5.97 Å². The lowest BCUT2D eigenvalue weighted by molar-refractivity contribution is -0.146. The maximum Gasteiger partial charge on any atom is 0.328 e. The van der Waals surface area contributed by atoms with Crippen molar-refractivity contribution in [2.24, 2.45) is 0 Å². The molecule has 0 spiro atoms. The fraction of sp³-hybridized carbons (Fsp3) is 0.467. The molecule has 0 aliphatic rings. The minimum absolute atomic E-state index is 0.255. The lowest BCUT2D eigenvalue weighted by Gasteiger charge is -2.21. The van der Waals surface area contributed by atoms with Gasteiger partial charge in [0.1, 0.15) is 5.54 Å². The molecule has 20 heavy (non-hydrogen) atoms. The first-order valence-corrected chi connectivity index (χ1v) is 6.53. The van der Waals surface area contributed by atoms with Gasteiger partial charge in [0, 0.05) is 26.2 Å². The summed E-state index contributed by atoms with van der Waals surface area (Å²) in [5.74, 6) is -1.30. The first kappa shape index (κ1) is 16.0. The van der Waals surface area contributed by atoms with E-state index in [0.717, 1.165) is 11.3 Å². The van der Waals surface area contributed by atoms with Crippen LogP contribution in [0, 0.1) is 0 Å². The van der Waals surface area contributed by atoms with Gasteiger partial charge in [-0.25, -0.2) is 4.79 Å². The Morgan fingerprint density at radius 1 is 1.20 bits per heavy atom. The number of nitrogens with one attached hydrogen (secondary N) is 1. The Hall–Kier alpha value is -2.04. The smallest absolute Gasteiger partial charge is 0.328 e. The average Bonchev–Trinajstić information content (AvgIpc) is 2.36. The number of aryl methyl sites for hydroxylation is 1. The standard InChI is InChI=1S/C15H22N2O3/c1-15(2,14(19)20)16-13(18)10-7-11-5-8-12(9-6-11)17(3)4/h5-6,8-9H,7,10H2,1-4H3,(H,16,18)(H,19,20). The van der Waals surface area contributed by atoms with Gasteiger partial charge in [-0.3, -0.25) is 4.79 Å². The highest BCUT2D eigenvalue weighted by atomic mass is 16.4. The third-order valence-corrected chi connectivity index (χ3v) is 3.08. The SMILES string of the molecule is CN(C)c1ccc(CCC(=O)NC(C)(C)C(=O)O)cc1. The molecule has 0 aromatic heterocycles. The normalized spacial score (nSPS) is 11.0. The van der Waals surface area contributed by atoms with Crippen molar-refractivity contribution in [3.63, 3.8) is 0 Å². The van der Waals surface area contributed by atoms with Crippen molar-refractivity contribution in [2.75, 3.05) is 19.0 Å². The Morgan fingerprint density at radius 2 is 1.75 bits per heavy atom. The average molecular weight is 278 g/mol. The number of benzene rings is 1. The van der Waals surface area contributed by atoms with Crippen LogP contribution in [-0.2, 0) is 16.0 Å². The number of rotatable bonds is 6. The summed E-state index contributed by atoms with van der Waals surface area (Å²) in [4.78, 5) is 24.6. The van der Waals surface area contributed by atoms with Gasteiger partial charge in [-0.05, 0) is 38.0 Å². The number of carboxylic acid groups (broad SMARTS) is 1. The molecule has 110 valence electrons. The van der Waals surface area contributed by atoms with Crippen molar-refractivity contribution in [3.8, 4) is 0 Å². The van der Waals surface area contributed by atoms with Crippen LogP contribution in [-0.4, -0.2) is 36.6 Å². The third-order valence-electron chi connectivity index (χ3n) is 3.08. The fourth-order valence-electron chi connectivity index (χ4n) is 1.68. The number of nitrogens with zero attached hydrogens (tertiary/aromatic N) is 1. The summed E-state index contributed by atoms with van der Waals surface area (Å²) in [5, 5.41) is 11.4. The molecule has 0 aliphatic carbocycles. The molecule has 0 atom stereocenters. The molecule has 1 aromatic carbocycles. The van der Waals surface area contributed by atoms with Crippen LogP contribution in [0.2, 0.25) is 0 Å². The summed E-state index contributed by atoms with van der Waals surface area (Å²) in [6.07, 6.45) is 0.868. The van der Waals surface area contributed by atoms with E-state index in [1.807, 2.05) is 43.3 Å². The molecule has 0 fully saturated rings. The number of carbonyl (C=O) groups is 2. The largest absolute Gasteiger partial charge is 0.480 e. The van der Waals surface area contributed by atoms with E-state index in [-0.39, 0.29) is 12.3 Å². The van der Waals surface area contributed by atoms with E-state index < -0.39 is 11.5 Å². The van der Waals surface area contributed by atoms with Crippen molar-refractivity contribution in [1.29, 1.82) is 0 Å². The zero-order valence-electron chi connectivity index (χ0n) is 12.4. The quantitative estimate of drug-likeness (QED) is 0.830. The summed E-state index contributed by atoms with van der Waals surface area (Å²) in [7, 11) is 3.94. The Labute approximate surface area is 119 Å². The van der Waals surface area contributed by atoms with E-state index in [1.165, 1.54) is 13.8 Å². The second kappa shape index (κ2) is 6.41. The number of aliphatic carboxylic acids is 1. The van der Waals surface area contributed by atoms with Crippen molar-refractivity contribution in [2.45, 2.75) is 32.2 Å². The first-order chi connectivity index (χ1) is 9.22. The Bertz CT molecular complexity index is 478. The number of hydrogen-bond donors (Lipinski definition) is 2. The van der Waals surface area contributed by atoms with Gasteiger partial charge in [0.15, 0.2) is 0 Å². The monoisotopic (exact) mass is 278 g/mol. The molecule has 1 aromatic rings. The predicted octanol–water partition coefficient (Wildman–Crippen LogP) is 1.66. The Balaban J connectivity index is 2.51. The van der Waals surface area contributed by atoms with Gasteiger partial charge in [0.25, 0.3) is 0 Å². The van der Waals surface area contributed by atoms with Gasteiger partial charge in [-0.1, -0.05) is 12.1 Å². The molecular formula is C15H22N2O3. The molecule has 2 N–H and O–H groups in total. The second-order valence-electron chi connectivity index (χ2n) is 5.54. The maximum absolute atomic E-state index is 11.7. The molecule has 1 amide bonds. The maximum atomic E-state index is 11.7. The zero-order valence-corrected chi connectivity index (χ0v) is 12.4. The molecule has 0 radical (unpaired) electrons. The first-order valence-electron chi connectivity index (χ1n) is 6.53. The lowest BCUT2D eigenvalue weighted by Crippen LogP contribution is -2.49. The summed E-state index contributed by atoms with van der Waals surface area (Å²) in [5.41, 5.74) is 0.926. The molecule has 0 saturated carbocycles. The zero-order chi connectivity index (χ0) is 15.3. The minimum atomic E-state index is -1.23. The number of amides is 1. The van der Waals surface area contributed by atoms with Gasteiger partial charge < -0.3 is 15.3 Å². The van der Waals surface area contributed by atoms with Crippen LogP contribution >= 0.6 is 0 Å². The fourth-order valence-corrected chi connectivity index (χ4v) is 1.68. The van der Waals surface area contributed by atoms with Crippen LogP contribution in [0.3, 0.4) is 0 Å². The Kier molecular flexibility index (Phi) is 5.13. The van der Waals surface area contributed by atoms with Gasteiger partial charge in [0.05, 0.1) is 0 Å². The number of carboxylic acids is 1. The highest BCUT2D eigenvalue weighted by molar-refractivity contribution is 5.86. The third kappa shape index (κ3) is 4.57. The lowest BCUT2D eigenvalue weighted by atomic mass is 10.0. The van der Waals surface area contributed by atoms with Gasteiger partial charge in [0.2, 0.25) is 5.91 Å². The minimum Gasteiger partial charge on any atom is -0.480 e. The second-order valence-corrected chi connectivity index (χ2v) is 5.54. The van der Waals surface area contributed by atoms with Crippen LogP contribution < -0.4 is 10.2 Å². The Morgan fingerprint density at radius 3 is 2.20 bits per heavy atom. The van der Waals surface area contributed by atoms with E-state index in [2.05, 4.69) is 5.32 Å². The van der Waals surface area contributed by atoms with E-state index in [4.69, 9.17) is 5.11 Å². The highest BCUT2D eigenvalue weighted by Gasteiger charge is 2.28. The van der Waals surface area contributed by atoms with Crippen LogP contribution in [0.1, 0.15) is 25.8 Å². The summed E-state index contributed by atoms with van der Waals surface area (Å²) in [6.45, 7) is 2.94. The molecule has 0 heterocycles. The van der Waals surface area contributed by atoms with Crippen molar-refractivity contribution in [1.82, 2.24) is 5.32 Å². The predicted molar refractivity (Wildman–Crippen MR) is 78.9 cm³/mol. The van der Waals surface area contributed by atoms with Crippen LogP contribution in [0.15, 0.2) is 24.3 Å². The summed E-state index contributed by atoms with van der Waals surface area (Å²) >= 11 is 0. The molecular weight excluding hydrogens is 256 g/mol. The van der Waals surface area contributed by atoms with Crippen LogP contribution in [0.5, 0.6) is 0 Å². The molecule has 1 rings (SSSR count). The summed E-state index contributed by atoms with van der Waals surface area (Å²) in [6, 6.07) is 7.94. The number of hydrogen-bond acceptors (Lipinski definition) is 3. The van der Waals surface area contributed by atoms with Crippen molar-refractivity contribution in [3.05, 3.63) is 29.8 Å². The van der Waals surface area contributed by atoms with E-state index in [1.54, 1.807) is 0 Å². The molecule has 5 heteroatoms. The molecule has 0 saturated heterocycles. The number of anilines is 1. The van der Waals surface area contributed by atoms with Gasteiger partial charge in [-0.2, -0.15) is 0 Å². The molecule has 5 nitrogen and oxygen atoms in total. The highest BCUT2D eigenvalue weighted by Crippen LogP contribution is 2.13. The number of carbonyl (C=O) groups excluding carboxylic acids is 1. The molecule has 0 unspecified atom stereocenters.